The second kappa shape index (κ2) is 5.63. The molecule has 1 fully saturated rings. The van der Waals surface area contributed by atoms with Crippen LogP contribution in [0.25, 0.3) is 15.9 Å². The molecular formula is C18H19N7S. The highest BCUT2D eigenvalue weighted by Crippen LogP contribution is 2.33. The summed E-state index contributed by atoms with van der Waals surface area (Å²) in [5, 5.41) is 9.50. The van der Waals surface area contributed by atoms with Crippen molar-refractivity contribution in [3.8, 4) is 0 Å². The number of rotatable bonds is 3. The molecule has 1 aliphatic heterocycles. The number of benzene rings is 1. The average molecular weight is 365 g/mol. The van der Waals surface area contributed by atoms with Crippen molar-refractivity contribution in [2.45, 2.75) is 19.9 Å². The highest BCUT2D eigenvalue weighted by Gasteiger charge is 2.34. The number of anilines is 2. The van der Waals surface area contributed by atoms with Crippen LogP contribution in [0.5, 0.6) is 0 Å². The van der Waals surface area contributed by atoms with Crippen molar-refractivity contribution >= 4 is 38.2 Å². The smallest absolute Gasteiger partial charge is 0.203 e. The van der Waals surface area contributed by atoms with Gasteiger partial charge in [0.05, 0.1) is 16.3 Å². The molecule has 0 radical (unpaired) electrons. The Morgan fingerprint density at radius 3 is 2.85 bits per heavy atom. The van der Waals surface area contributed by atoms with Crippen molar-refractivity contribution in [1.29, 1.82) is 0 Å². The van der Waals surface area contributed by atoms with Crippen LogP contribution in [-0.2, 0) is 0 Å². The molecule has 0 bridgehead atoms. The fourth-order valence-electron chi connectivity index (χ4n) is 3.41. The summed E-state index contributed by atoms with van der Waals surface area (Å²) in [6.07, 6.45) is 3.72. The molecule has 0 spiro atoms. The summed E-state index contributed by atoms with van der Waals surface area (Å²) >= 11 is 1.75. The Morgan fingerprint density at radius 1 is 1.19 bits per heavy atom. The van der Waals surface area contributed by atoms with Crippen molar-refractivity contribution in [3.05, 3.63) is 42.0 Å². The molecule has 1 saturated heterocycles. The van der Waals surface area contributed by atoms with Crippen LogP contribution in [0, 0.1) is 13.8 Å². The topological polar surface area (TPSA) is 62.5 Å². The molecular weight excluding hydrogens is 346 g/mol. The number of para-hydroxylation sites is 1. The number of aryl methyl sites for hydroxylation is 2. The number of fused-ring (bicyclic) bond motifs is 2. The van der Waals surface area contributed by atoms with Gasteiger partial charge in [-0.2, -0.15) is 0 Å². The Balaban J connectivity index is 1.37. The highest BCUT2D eigenvalue weighted by atomic mass is 32.1. The van der Waals surface area contributed by atoms with E-state index in [4.69, 9.17) is 4.98 Å². The molecule has 132 valence electrons. The normalized spacial score (nSPS) is 15.0. The van der Waals surface area contributed by atoms with E-state index in [-0.39, 0.29) is 0 Å². The lowest BCUT2D eigenvalue weighted by atomic mass is 10.1. The fraction of sp³-hybridized carbons (Fsp3) is 0.333. The van der Waals surface area contributed by atoms with Gasteiger partial charge in [-0.3, -0.25) is 4.40 Å². The summed E-state index contributed by atoms with van der Waals surface area (Å²) in [6.45, 7) is 5.88. The second-order valence-corrected chi connectivity index (χ2v) is 7.79. The van der Waals surface area contributed by atoms with E-state index in [1.165, 1.54) is 10.3 Å². The molecule has 0 amide bonds. The molecule has 4 heterocycles. The van der Waals surface area contributed by atoms with Gasteiger partial charge in [0.15, 0.2) is 10.9 Å². The maximum Gasteiger partial charge on any atom is 0.203 e. The van der Waals surface area contributed by atoms with E-state index in [0.29, 0.717) is 6.04 Å². The predicted octanol–water partition coefficient (Wildman–Crippen LogP) is 2.68. The Bertz CT molecular complexity index is 1110. The van der Waals surface area contributed by atoms with Gasteiger partial charge in [0.1, 0.15) is 5.82 Å². The molecule has 8 heteroatoms. The van der Waals surface area contributed by atoms with Gasteiger partial charge < -0.3 is 9.80 Å². The van der Waals surface area contributed by atoms with E-state index in [1.807, 2.05) is 23.7 Å². The van der Waals surface area contributed by atoms with Gasteiger partial charge in [0, 0.05) is 32.5 Å². The molecule has 0 unspecified atom stereocenters. The minimum absolute atomic E-state index is 0.418. The van der Waals surface area contributed by atoms with E-state index in [1.54, 1.807) is 11.3 Å². The number of thiazole rings is 1. The van der Waals surface area contributed by atoms with E-state index >= 15 is 0 Å². The Kier molecular flexibility index (Phi) is 3.36. The van der Waals surface area contributed by atoms with Gasteiger partial charge in [0.2, 0.25) is 5.65 Å². The third-order valence-electron chi connectivity index (χ3n) is 5.10. The number of aromatic nitrogens is 5. The summed E-state index contributed by atoms with van der Waals surface area (Å²) in [7, 11) is 2.13. The van der Waals surface area contributed by atoms with Crippen molar-refractivity contribution in [2.24, 2.45) is 0 Å². The zero-order chi connectivity index (χ0) is 17.8. The predicted molar refractivity (Wildman–Crippen MR) is 104 cm³/mol. The Hall–Kier alpha value is -2.74. The number of hydrogen-bond acceptors (Lipinski definition) is 7. The van der Waals surface area contributed by atoms with E-state index in [2.05, 4.69) is 57.2 Å². The van der Waals surface area contributed by atoms with Gasteiger partial charge in [-0.25, -0.2) is 9.97 Å². The maximum atomic E-state index is 4.85. The van der Waals surface area contributed by atoms with E-state index in [0.717, 1.165) is 41.0 Å². The number of nitrogens with zero attached hydrogens (tertiary/aromatic N) is 7. The van der Waals surface area contributed by atoms with Crippen LogP contribution in [0.2, 0.25) is 0 Å². The largest absolute Gasteiger partial charge is 0.349 e. The van der Waals surface area contributed by atoms with E-state index in [9.17, 15) is 0 Å². The first-order chi connectivity index (χ1) is 12.6. The standard InChI is InChI=1S/C18H19N7S/c1-11-5-4-6-14-15(11)20-18(26-14)23(3)13-9-24(10-13)16-17-22-21-12(2)25(17)8-7-19-16/h4-8,13H,9-10H2,1-3H3. The van der Waals surface area contributed by atoms with Crippen molar-refractivity contribution < 1.29 is 0 Å². The summed E-state index contributed by atoms with van der Waals surface area (Å²) in [5.74, 6) is 1.78. The van der Waals surface area contributed by atoms with Gasteiger partial charge in [-0.15, -0.1) is 10.2 Å². The maximum absolute atomic E-state index is 4.85. The van der Waals surface area contributed by atoms with Gasteiger partial charge >= 0.3 is 0 Å². The van der Waals surface area contributed by atoms with Crippen LogP contribution in [0.1, 0.15) is 11.4 Å². The van der Waals surface area contributed by atoms with Gasteiger partial charge in [-0.05, 0) is 25.5 Å². The minimum atomic E-state index is 0.418. The number of hydrogen-bond donors (Lipinski definition) is 0. The van der Waals surface area contributed by atoms with Crippen molar-refractivity contribution in [1.82, 2.24) is 24.6 Å². The van der Waals surface area contributed by atoms with Crippen molar-refractivity contribution in [3.63, 3.8) is 0 Å². The lowest BCUT2D eigenvalue weighted by molar-refractivity contribution is 0.492. The molecule has 0 atom stereocenters. The first-order valence-electron chi connectivity index (χ1n) is 8.62. The Morgan fingerprint density at radius 2 is 2.04 bits per heavy atom. The van der Waals surface area contributed by atoms with Crippen LogP contribution in [-0.4, -0.2) is 50.7 Å². The Labute approximate surface area is 154 Å². The summed E-state index contributed by atoms with van der Waals surface area (Å²) < 4.78 is 3.23. The lowest BCUT2D eigenvalue weighted by Crippen LogP contribution is -2.59. The first-order valence-corrected chi connectivity index (χ1v) is 9.44. The molecule has 0 saturated carbocycles. The molecule has 26 heavy (non-hydrogen) atoms. The molecule has 1 aliphatic rings. The quantitative estimate of drug-likeness (QED) is 0.556. The zero-order valence-electron chi connectivity index (χ0n) is 14.9. The molecule has 4 aromatic rings. The average Bonchev–Trinajstić information content (AvgIpc) is 3.19. The van der Waals surface area contributed by atoms with Gasteiger partial charge in [-0.1, -0.05) is 23.5 Å². The van der Waals surface area contributed by atoms with Crippen LogP contribution < -0.4 is 9.80 Å². The van der Waals surface area contributed by atoms with Crippen LogP contribution in [0.15, 0.2) is 30.6 Å². The third-order valence-corrected chi connectivity index (χ3v) is 6.21. The molecule has 0 aliphatic carbocycles. The highest BCUT2D eigenvalue weighted by molar-refractivity contribution is 7.22. The molecule has 5 rings (SSSR count). The van der Waals surface area contributed by atoms with Crippen LogP contribution >= 0.6 is 11.3 Å². The SMILES string of the molecule is Cc1cccc2sc(N(C)C3CN(c4nccn5c(C)nnc45)C3)nc12. The molecule has 0 N–H and O–H groups in total. The summed E-state index contributed by atoms with van der Waals surface area (Å²) in [5.41, 5.74) is 3.16. The molecule has 1 aromatic carbocycles. The van der Waals surface area contributed by atoms with Crippen LogP contribution in [0.4, 0.5) is 10.9 Å². The number of likely N-dealkylation sites (N-methyl/N-ethyl adjacent to an activating group) is 1. The summed E-state index contributed by atoms with van der Waals surface area (Å²) in [6, 6.07) is 6.77. The van der Waals surface area contributed by atoms with Crippen molar-refractivity contribution in [2.75, 3.05) is 29.9 Å². The first kappa shape index (κ1) is 15.5. The minimum Gasteiger partial charge on any atom is -0.349 e. The fourth-order valence-corrected chi connectivity index (χ4v) is 4.48. The molecule has 7 nitrogen and oxygen atoms in total. The van der Waals surface area contributed by atoms with E-state index < -0.39 is 0 Å². The summed E-state index contributed by atoms with van der Waals surface area (Å²) in [4.78, 5) is 13.9. The molecule has 3 aromatic heterocycles. The third kappa shape index (κ3) is 2.25. The zero-order valence-corrected chi connectivity index (χ0v) is 15.7. The second-order valence-electron chi connectivity index (χ2n) is 6.78. The lowest BCUT2D eigenvalue weighted by Gasteiger charge is -2.44. The van der Waals surface area contributed by atoms with Crippen LogP contribution in [0.3, 0.4) is 0 Å². The van der Waals surface area contributed by atoms with Gasteiger partial charge in [0.25, 0.3) is 0 Å². The monoisotopic (exact) mass is 365 g/mol.